The lowest BCUT2D eigenvalue weighted by Gasteiger charge is -2.23. The van der Waals surface area contributed by atoms with Crippen molar-refractivity contribution in [2.24, 2.45) is 0 Å². The first-order valence-corrected chi connectivity index (χ1v) is 7.62. The van der Waals surface area contributed by atoms with Crippen molar-refractivity contribution < 1.29 is 35.7 Å². The van der Waals surface area contributed by atoms with E-state index in [-0.39, 0.29) is 0 Å². The molecule has 1 aromatic carbocycles. The summed E-state index contributed by atoms with van der Waals surface area (Å²) in [5, 5.41) is 0.416. The molecule has 0 heterocycles. The van der Waals surface area contributed by atoms with Gasteiger partial charge in [-0.25, -0.2) is 13.2 Å². The second kappa shape index (κ2) is 7.47. The molecule has 0 spiro atoms. The van der Waals surface area contributed by atoms with E-state index in [9.17, 15) is 18.0 Å². The van der Waals surface area contributed by atoms with Gasteiger partial charge in [-0.3, -0.25) is 4.48 Å². The number of hydrogen-bond acceptors (Lipinski definition) is 5. The summed E-state index contributed by atoms with van der Waals surface area (Å²) >= 11 is 5.91. The summed E-state index contributed by atoms with van der Waals surface area (Å²) in [6.45, 7) is 0. The lowest BCUT2D eigenvalue weighted by atomic mass is 10.2. The van der Waals surface area contributed by atoms with Crippen molar-refractivity contribution in [2.75, 3.05) is 28.3 Å². The minimum Gasteiger partial charge on any atom is -0.741 e. The van der Waals surface area contributed by atoms with Crippen LogP contribution in [-0.4, -0.2) is 52.7 Å². The van der Waals surface area contributed by atoms with E-state index in [1.54, 1.807) is 12.1 Å². The number of halogens is 4. The van der Waals surface area contributed by atoms with Crippen LogP contribution in [0.3, 0.4) is 0 Å². The van der Waals surface area contributed by atoms with Crippen molar-refractivity contribution in [1.29, 1.82) is 0 Å². The molecule has 0 amide bonds. The molecule has 0 saturated heterocycles. The van der Waals surface area contributed by atoms with Crippen molar-refractivity contribution in [3.63, 3.8) is 0 Å². The number of quaternary nitrogens is 1. The molecule has 23 heavy (non-hydrogen) atoms. The highest BCUT2D eigenvalue weighted by atomic mass is 35.5. The van der Waals surface area contributed by atoms with Gasteiger partial charge in [-0.05, 0) is 6.07 Å². The molecule has 0 bridgehead atoms. The Kier molecular flexibility index (Phi) is 7.03. The molecule has 6 nitrogen and oxygen atoms in total. The van der Waals surface area contributed by atoms with Crippen LogP contribution in [0.2, 0.25) is 5.02 Å². The van der Waals surface area contributed by atoms with Gasteiger partial charge in [-0.1, -0.05) is 11.6 Å². The van der Waals surface area contributed by atoms with Crippen LogP contribution in [-0.2, 0) is 14.9 Å². The summed E-state index contributed by atoms with van der Waals surface area (Å²) in [5.41, 5.74) is -4.24. The van der Waals surface area contributed by atoms with Gasteiger partial charge in [-0.2, -0.15) is 13.2 Å². The Morgan fingerprint density at radius 3 is 2.00 bits per heavy atom. The summed E-state index contributed by atoms with van der Waals surface area (Å²) < 4.78 is 64.2. The summed E-state index contributed by atoms with van der Waals surface area (Å²) in [6.07, 6.45) is 0. The van der Waals surface area contributed by atoms with Crippen LogP contribution in [0, 0.1) is 0 Å². The zero-order valence-corrected chi connectivity index (χ0v) is 14.2. The molecular weight excluding hydrogens is 363 g/mol. The first-order valence-electron chi connectivity index (χ1n) is 5.83. The zero-order chi connectivity index (χ0) is 18.6. The summed E-state index contributed by atoms with van der Waals surface area (Å²) in [5.74, 6) is -0.407. The Labute approximate surface area is 136 Å². The maximum Gasteiger partial charge on any atom is 0.485 e. The molecule has 1 rings (SSSR count). The fraction of sp³-hybridized carbons (Fsp3) is 0.417. The number of esters is 1. The second-order valence-corrected chi connectivity index (χ2v) is 6.85. The van der Waals surface area contributed by atoms with E-state index >= 15 is 0 Å². The maximum atomic E-state index is 11.4. The SMILES string of the molecule is COC(=O)c1cc([N+](C)(C)C)ccc1Cl.O=S(=O)([O-])C(F)(F)F. The number of carbonyl (C=O) groups excluding carboxylic acids is 1. The average molecular weight is 378 g/mol. The van der Waals surface area contributed by atoms with Gasteiger partial charge in [0.15, 0.2) is 10.1 Å². The van der Waals surface area contributed by atoms with Gasteiger partial charge in [-0.15, -0.1) is 0 Å². The Morgan fingerprint density at radius 1 is 1.26 bits per heavy atom. The molecule has 0 aromatic heterocycles. The van der Waals surface area contributed by atoms with Crippen LogP contribution in [0.25, 0.3) is 0 Å². The number of benzene rings is 1. The number of carbonyl (C=O) groups is 1. The minimum atomic E-state index is -6.09. The minimum absolute atomic E-state index is 0.407. The fourth-order valence-corrected chi connectivity index (χ4v) is 1.39. The van der Waals surface area contributed by atoms with Gasteiger partial charge < -0.3 is 9.29 Å². The largest absolute Gasteiger partial charge is 0.741 e. The number of rotatable bonds is 2. The third-order valence-electron chi connectivity index (χ3n) is 2.41. The molecule has 0 atom stereocenters. The van der Waals surface area contributed by atoms with Crippen molar-refractivity contribution in [3.05, 3.63) is 28.8 Å². The molecule has 0 saturated carbocycles. The molecule has 1 aromatic rings. The van der Waals surface area contributed by atoms with E-state index < -0.39 is 21.6 Å². The van der Waals surface area contributed by atoms with Crippen molar-refractivity contribution in [1.82, 2.24) is 4.48 Å². The summed E-state index contributed by atoms with van der Waals surface area (Å²) in [7, 11) is 1.31. The van der Waals surface area contributed by atoms with E-state index in [2.05, 4.69) is 4.74 Å². The molecule has 0 aliphatic carbocycles. The van der Waals surface area contributed by atoms with Crippen LogP contribution >= 0.6 is 11.6 Å². The lowest BCUT2D eigenvalue weighted by molar-refractivity contribution is -0.0517. The number of ether oxygens (including phenoxy) is 1. The Balaban J connectivity index is 0.000000515. The van der Waals surface area contributed by atoms with Crippen molar-refractivity contribution >= 4 is 33.4 Å². The van der Waals surface area contributed by atoms with E-state index in [4.69, 9.17) is 24.6 Å². The molecule has 132 valence electrons. The summed E-state index contributed by atoms with van der Waals surface area (Å²) in [6, 6.07) is 5.37. The Hall–Kier alpha value is -1.36. The van der Waals surface area contributed by atoms with Gasteiger partial charge >= 0.3 is 11.5 Å². The standard InChI is InChI=1S/C11H15ClNO2.CHF3O3S/c1-13(2,3)8-5-6-10(12)9(7-8)11(14)15-4;2-1(3,4)8(5,6)7/h5-7H,1-4H3;(H,5,6,7)/q+1;/p-1. The fourth-order valence-electron chi connectivity index (χ4n) is 1.20. The molecule has 0 N–H and O–H groups in total. The molecule has 0 radical (unpaired) electrons. The van der Waals surface area contributed by atoms with E-state index in [0.717, 1.165) is 5.69 Å². The average Bonchev–Trinajstić information content (AvgIpc) is 2.35. The lowest BCUT2D eigenvalue weighted by Crippen LogP contribution is -2.34. The van der Waals surface area contributed by atoms with Crippen LogP contribution in [0.1, 0.15) is 10.4 Å². The monoisotopic (exact) mass is 377 g/mol. The predicted octanol–water partition coefficient (Wildman–Crippen LogP) is 2.37. The first-order chi connectivity index (χ1) is 10.1. The van der Waals surface area contributed by atoms with Gasteiger partial charge in [0, 0.05) is 12.1 Å². The van der Waals surface area contributed by atoms with Crippen LogP contribution in [0.5, 0.6) is 0 Å². The number of nitrogens with zero attached hydrogens (tertiary/aromatic N) is 1. The van der Waals surface area contributed by atoms with E-state index in [1.165, 1.54) is 7.11 Å². The topological polar surface area (TPSA) is 83.5 Å². The van der Waals surface area contributed by atoms with E-state index in [1.807, 2.05) is 27.2 Å². The van der Waals surface area contributed by atoms with Crippen LogP contribution in [0.4, 0.5) is 18.9 Å². The van der Waals surface area contributed by atoms with Gasteiger partial charge in [0.25, 0.3) is 0 Å². The normalized spacial score (nSPS) is 12.2. The Bertz CT molecular complexity index is 668. The molecule has 0 unspecified atom stereocenters. The Morgan fingerprint density at radius 2 is 1.70 bits per heavy atom. The number of methoxy groups -OCH3 is 1. The van der Waals surface area contributed by atoms with Crippen molar-refractivity contribution in [3.8, 4) is 0 Å². The molecule has 0 fully saturated rings. The third-order valence-corrected chi connectivity index (χ3v) is 3.31. The predicted molar refractivity (Wildman–Crippen MR) is 78.1 cm³/mol. The van der Waals surface area contributed by atoms with Crippen LogP contribution in [0.15, 0.2) is 18.2 Å². The molecule has 0 aliphatic rings. The third kappa shape index (κ3) is 6.73. The highest BCUT2D eigenvalue weighted by Crippen LogP contribution is 2.25. The smallest absolute Gasteiger partial charge is 0.485 e. The second-order valence-electron chi connectivity index (χ2n) is 5.07. The highest BCUT2D eigenvalue weighted by molar-refractivity contribution is 7.86. The molecular formula is C12H15ClF3NO5S. The zero-order valence-electron chi connectivity index (χ0n) is 12.6. The number of alkyl halides is 3. The van der Waals surface area contributed by atoms with Crippen LogP contribution < -0.4 is 4.48 Å². The summed E-state index contributed by atoms with van der Waals surface area (Å²) in [4.78, 5) is 11.4. The first kappa shape index (κ1) is 21.6. The van der Waals surface area contributed by atoms with Gasteiger partial charge in [0.2, 0.25) is 0 Å². The van der Waals surface area contributed by atoms with Gasteiger partial charge in [0.1, 0.15) is 5.69 Å². The van der Waals surface area contributed by atoms with Gasteiger partial charge in [0.05, 0.1) is 38.8 Å². The number of hydrogen-bond donors (Lipinski definition) is 0. The molecule has 0 aliphatic heterocycles. The van der Waals surface area contributed by atoms with E-state index in [0.29, 0.717) is 15.1 Å². The quantitative estimate of drug-likeness (QED) is 0.342. The highest BCUT2D eigenvalue weighted by Gasteiger charge is 2.36. The molecule has 11 heteroatoms. The van der Waals surface area contributed by atoms with Crippen molar-refractivity contribution in [2.45, 2.75) is 5.51 Å². The maximum absolute atomic E-state index is 11.4.